The van der Waals surface area contributed by atoms with Gasteiger partial charge in [-0.1, -0.05) is 66.7 Å². The maximum atomic E-state index is 3.78. The van der Waals surface area contributed by atoms with Gasteiger partial charge in [0.1, 0.15) is 0 Å². The van der Waals surface area contributed by atoms with E-state index in [1.54, 1.807) is 12.4 Å². The van der Waals surface area contributed by atoms with Crippen LogP contribution in [0.3, 0.4) is 0 Å². The lowest BCUT2D eigenvalue weighted by molar-refractivity contribution is 1.19. The van der Waals surface area contributed by atoms with E-state index < -0.39 is 0 Å². The highest BCUT2D eigenvalue weighted by Gasteiger charge is 1.92. The number of hydrogen-bond donors (Lipinski definition) is 0. The van der Waals surface area contributed by atoms with Crippen molar-refractivity contribution in [1.82, 2.24) is 4.98 Å². The molecule has 0 aliphatic rings. The Morgan fingerprint density at radius 1 is 0.526 bits per heavy atom. The number of hydrogen-bond acceptors (Lipinski definition) is 1. The Kier molecular flexibility index (Phi) is 5.37. The molecule has 0 aliphatic carbocycles. The normalized spacial score (nSPS) is 9.26. The number of benzene rings is 2. The van der Waals surface area contributed by atoms with Crippen LogP contribution in [0.2, 0.25) is 0 Å². The second-order valence-electron chi connectivity index (χ2n) is 4.17. The molecule has 0 saturated carbocycles. The van der Waals surface area contributed by atoms with E-state index in [-0.39, 0.29) is 0 Å². The van der Waals surface area contributed by atoms with E-state index in [0.29, 0.717) is 0 Å². The molecule has 19 heavy (non-hydrogen) atoms. The molecular formula is C18H17N. The lowest BCUT2D eigenvalue weighted by Gasteiger charge is -2.00. The summed E-state index contributed by atoms with van der Waals surface area (Å²) in [5.41, 5.74) is 2.74. The fourth-order valence-electron chi connectivity index (χ4n) is 1.74. The largest absolute Gasteiger partial charge is 0.265 e. The minimum Gasteiger partial charge on any atom is -0.265 e. The smallest absolute Gasteiger partial charge is 0.0267 e. The number of rotatable bonds is 2. The van der Waals surface area contributed by atoms with Crippen LogP contribution in [0.25, 0.3) is 0 Å². The molecule has 3 rings (SSSR count). The molecule has 1 heteroatoms. The van der Waals surface area contributed by atoms with Crippen LogP contribution < -0.4 is 0 Å². The predicted octanol–water partition coefficient (Wildman–Crippen LogP) is 4.36. The molecule has 0 aliphatic heterocycles. The third kappa shape index (κ3) is 5.17. The summed E-state index contributed by atoms with van der Waals surface area (Å²) in [4.78, 5) is 3.78. The van der Waals surface area contributed by atoms with Crippen LogP contribution in [0.15, 0.2) is 91.3 Å². The number of nitrogens with zero attached hydrogens (tertiary/aromatic N) is 1. The fourth-order valence-corrected chi connectivity index (χ4v) is 1.74. The maximum Gasteiger partial charge on any atom is 0.0267 e. The highest BCUT2D eigenvalue weighted by Crippen LogP contribution is 2.07. The molecule has 1 aromatic heterocycles. The van der Waals surface area contributed by atoms with Gasteiger partial charge in [-0.05, 0) is 29.7 Å². The van der Waals surface area contributed by atoms with Gasteiger partial charge in [0.2, 0.25) is 0 Å². The highest BCUT2D eigenvalue weighted by atomic mass is 14.6. The molecule has 0 atom stereocenters. The molecule has 1 heterocycles. The van der Waals surface area contributed by atoms with Gasteiger partial charge in [-0.25, -0.2) is 0 Å². The van der Waals surface area contributed by atoms with Crippen LogP contribution in [0.5, 0.6) is 0 Å². The summed E-state index contributed by atoms with van der Waals surface area (Å²) in [5, 5.41) is 0. The van der Waals surface area contributed by atoms with Crippen LogP contribution >= 0.6 is 0 Å². The second kappa shape index (κ2) is 7.83. The van der Waals surface area contributed by atoms with Gasteiger partial charge in [0.05, 0.1) is 0 Å². The zero-order chi connectivity index (χ0) is 13.2. The van der Waals surface area contributed by atoms with Crippen molar-refractivity contribution < 1.29 is 0 Å². The summed E-state index contributed by atoms with van der Waals surface area (Å²) in [6, 6.07) is 26.8. The molecule has 0 saturated heterocycles. The van der Waals surface area contributed by atoms with Crippen LogP contribution in [-0.2, 0) is 6.42 Å². The summed E-state index contributed by atoms with van der Waals surface area (Å²) in [6.07, 6.45) is 4.53. The van der Waals surface area contributed by atoms with E-state index in [9.17, 15) is 0 Å². The zero-order valence-corrected chi connectivity index (χ0v) is 10.8. The quantitative estimate of drug-likeness (QED) is 0.655. The van der Waals surface area contributed by atoms with Crippen molar-refractivity contribution in [3.63, 3.8) is 0 Å². The Bertz CT molecular complexity index is 483. The Balaban J connectivity index is 0.000000186. The van der Waals surface area contributed by atoms with Gasteiger partial charge >= 0.3 is 0 Å². The molecule has 0 radical (unpaired) electrons. The summed E-state index contributed by atoms with van der Waals surface area (Å²) < 4.78 is 0. The average Bonchev–Trinajstić information content (AvgIpc) is 2.52. The van der Waals surface area contributed by atoms with Crippen molar-refractivity contribution >= 4 is 0 Å². The van der Waals surface area contributed by atoms with Crippen LogP contribution in [0.1, 0.15) is 11.1 Å². The van der Waals surface area contributed by atoms with Gasteiger partial charge in [-0.3, -0.25) is 4.98 Å². The molecule has 0 unspecified atom stereocenters. The first-order valence-corrected chi connectivity index (χ1v) is 6.38. The number of pyridine rings is 1. The van der Waals surface area contributed by atoms with Gasteiger partial charge in [-0.2, -0.15) is 0 Å². The van der Waals surface area contributed by atoms with Crippen molar-refractivity contribution in [1.29, 1.82) is 0 Å². The maximum absolute atomic E-state index is 3.78. The summed E-state index contributed by atoms with van der Waals surface area (Å²) in [6.45, 7) is 0. The monoisotopic (exact) mass is 247 g/mol. The van der Waals surface area contributed by atoms with Crippen molar-refractivity contribution in [3.05, 3.63) is 102 Å². The van der Waals surface area contributed by atoms with Gasteiger partial charge in [0.25, 0.3) is 0 Å². The van der Waals surface area contributed by atoms with Crippen molar-refractivity contribution in [3.8, 4) is 0 Å². The fraction of sp³-hybridized carbons (Fsp3) is 0.0556. The Labute approximate surface area is 114 Å². The molecule has 3 aromatic rings. The predicted molar refractivity (Wildman–Crippen MR) is 79.9 cm³/mol. The first-order valence-electron chi connectivity index (χ1n) is 6.38. The first-order chi connectivity index (χ1) is 9.45. The molecule has 0 spiro atoms. The van der Waals surface area contributed by atoms with Crippen molar-refractivity contribution in [2.45, 2.75) is 6.42 Å². The summed E-state index contributed by atoms with van der Waals surface area (Å²) in [5.74, 6) is 0. The lowest BCUT2D eigenvalue weighted by Crippen LogP contribution is -1.85. The van der Waals surface area contributed by atoms with Gasteiger partial charge < -0.3 is 0 Å². The van der Waals surface area contributed by atoms with Crippen molar-refractivity contribution in [2.24, 2.45) is 0 Å². The molecule has 94 valence electrons. The Morgan fingerprint density at radius 3 is 1.26 bits per heavy atom. The average molecular weight is 247 g/mol. The molecule has 0 fully saturated rings. The van der Waals surface area contributed by atoms with Gasteiger partial charge in [0.15, 0.2) is 0 Å². The van der Waals surface area contributed by atoms with Crippen LogP contribution in [0, 0.1) is 0 Å². The van der Waals surface area contributed by atoms with Crippen molar-refractivity contribution in [2.75, 3.05) is 0 Å². The van der Waals surface area contributed by atoms with Gasteiger partial charge in [0, 0.05) is 12.4 Å². The minimum absolute atomic E-state index is 1.03. The molecular weight excluding hydrogens is 230 g/mol. The topological polar surface area (TPSA) is 12.9 Å². The Morgan fingerprint density at radius 2 is 0.947 bits per heavy atom. The third-order valence-electron chi connectivity index (χ3n) is 2.66. The first kappa shape index (κ1) is 13.0. The van der Waals surface area contributed by atoms with E-state index >= 15 is 0 Å². The molecule has 2 aromatic carbocycles. The minimum atomic E-state index is 1.03. The summed E-state index contributed by atoms with van der Waals surface area (Å²) >= 11 is 0. The summed E-state index contributed by atoms with van der Waals surface area (Å²) in [7, 11) is 0. The molecule has 0 N–H and O–H groups in total. The molecule has 1 nitrogen and oxygen atoms in total. The molecule has 0 amide bonds. The third-order valence-corrected chi connectivity index (χ3v) is 2.66. The SMILES string of the molecule is c1ccc(Cc2ccccc2)cc1.c1ccncc1. The van der Waals surface area contributed by atoms with Crippen LogP contribution in [-0.4, -0.2) is 4.98 Å². The van der Waals surface area contributed by atoms with Crippen LogP contribution in [0.4, 0.5) is 0 Å². The van der Waals surface area contributed by atoms with E-state index in [2.05, 4.69) is 65.6 Å². The van der Waals surface area contributed by atoms with E-state index in [1.165, 1.54) is 11.1 Å². The zero-order valence-electron chi connectivity index (χ0n) is 10.8. The van der Waals surface area contributed by atoms with Gasteiger partial charge in [-0.15, -0.1) is 0 Å². The lowest BCUT2D eigenvalue weighted by atomic mass is 10.1. The van der Waals surface area contributed by atoms with E-state index in [4.69, 9.17) is 0 Å². The van der Waals surface area contributed by atoms with E-state index in [0.717, 1.165) is 6.42 Å². The second-order valence-corrected chi connectivity index (χ2v) is 4.17. The molecule has 0 bridgehead atoms. The number of aromatic nitrogens is 1. The van der Waals surface area contributed by atoms with E-state index in [1.807, 2.05) is 18.2 Å². The Hall–Kier alpha value is -2.41. The standard InChI is InChI=1S/C13H12.C5H5N/c1-3-7-12(8-4-1)11-13-9-5-2-6-10-13;1-2-4-6-5-3-1/h1-10H,11H2;1-5H. The highest BCUT2D eigenvalue weighted by molar-refractivity contribution is 5.25.